The molecule has 0 spiro atoms. The SMILES string of the molecule is N=C(N)c1ccc2[nH]c(-n3cccc3)nc2c1. The molecule has 5 heteroatoms. The van der Waals surface area contributed by atoms with E-state index >= 15 is 0 Å². The molecule has 3 aromatic rings. The van der Waals surface area contributed by atoms with E-state index < -0.39 is 0 Å². The highest BCUT2D eigenvalue weighted by Gasteiger charge is 2.05. The van der Waals surface area contributed by atoms with Gasteiger partial charge in [-0.1, -0.05) is 0 Å². The number of hydrogen-bond acceptors (Lipinski definition) is 2. The molecule has 0 saturated heterocycles. The molecule has 0 amide bonds. The van der Waals surface area contributed by atoms with Crippen molar-refractivity contribution in [1.29, 1.82) is 5.41 Å². The van der Waals surface area contributed by atoms with E-state index in [9.17, 15) is 0 Å². The molecule has 17 heavy (non-hydrogen) atoms. The van der Waals surface area contributed by atoms with E-state index in [4.69, 9.17) is 11.1 Å². The van der Waals surface area contributed by atoms with Crippen molar-refractivity contribution in [3.05, 3.63) is 48.3 Å². The minimum absolute atomic E-state index is 0.0532. The van der Waals surface area contributed by atoms with Gasteiger partial charge in [-0.2, -0.15) is 0 Å². The van der Waals surface area contributed by atoms with Crippen LogP contribution in [-0.2, 0) is 0 Å². The third kappa shape index (κ3) is 1.57. The fourth-order valence-corrected chi connectivity index (χ4v) is 1.76. The minimum atomic E-state index is 0.0532. The third-order valence-electron chi connectivity index (χ3n) is 2.63. The van der Waals surface area contributed by atoms with Gasteiger partial charge in [0.2, 0.25) is 5.95 Å². The Morgan fingerprint density at radius 2 is 2.06 bits per heavy atom. The number of H-pyrrole nitrogens is 1. The molecule has 3 rings (SSSR count). The van der Waals surface area contributed by atoms with E-state index in [0.29, 0.717) is 5.56 Å². The van der Waals surface area contributed by atoms with Crippen molar-refractivity contribution in [2.75, 3.05) is 0 Å². The van der Waals surface area contributed by atoms with Crippen LogP contribution in [0.15, 0.2) is 42.7 Å². The fraction of sp³-hybridized carbons (Fsp3) is 0. The molecule has 2 aromatic heterocycles. The predicted octanol–water partition coefficient (Wildman–Crippen LogP) is 1.64. The number of fused-ring (bicyclic) bond motifs is 1. The average Bonchev–Trinajstić information content (AvgIpc) is 2.96. The maximum Gasteiger partial charge on any atom is 0.212 e. The van der Waals surface area contributed by atoms with Gasteiger partial charge in [-0.15, -0.1) is 0 Å². The van der Waals surface area contributed by atoms with Crippen molar-refractivity contribution in [2.45, 2.75) is 0 Å². The van der Waals surface area contributed by atoms with Crippen LogP contribution in [0, 0.1) is 5.41 Å². The molecule has 0 aliphatic carbocycles. The second-order valence-electron chi connectivity index (χ2n) is 3.80. The quantitative estimate of drug-likeness (QED) is 0.457. The van der Waals surface area contributed by atoms with Crippen LogP contribution in [0.3, 0.4) is 0 Å². The van der Waals surface area contributed by atoms with E-state index in [-0.39, 0.29) is 5.84 Å². The number of nitrogens with zero attached hydrogens (tertiary/aromatic N) is 2. The highest BCUT2D eigenvalue weighted by molar-refractivity contribution is 5.98. The number of aromatic amines is 1. The molecule has 0 aliphatic rings. The van der Waals surface area contributed by atoms with Crippen molar-refractivity contribution < 1.29 is 0 Å². The number of benzene rings is 1. The van der Waals surface area contributed by atoms with Gasteiger partial charge >= 0.3 is 0 Å². The number of nitrogens with two attached hydrogens (primary N) is 1. The summed E-state index contributed by atoms with van der Waals surface area (Å²) in [6.45, 7) is 0. The smallest absolute Gasteiger partial charge is 0.212 e. The first-order valence-electron chi connectivity index (χ1n) is 5.21. The van der Waals surface area contributed by atoms with Crippen LogP contribution in [-0.4, -0.2) is 20.4 Å². The Kier molecular flexibility index (Phi) is 1.98. The zero-order chi connectivity index (χ0) is 11.8. The summed E-state index contributed by atoms with van der Waals surface area (Å²) < 4.78 is 1.90. The Morgan fingerprint density at radius 1 is 1.29 bits per heavy atom. The number of nitrogens with one attached hydrogen (secondary N) is 2. The second kappa shape index (κ2) is 3.48. The van der Waals surface area contributed by atoms with Crippen LogP contribution < -0.4 is 5.73 Å². The van der Waals surface area contributed by atoms with Crippen LogP contribution >= 0.6 is 0 Å². The van der Waals surface area contributed by atoms with Gasteiger partial charge in [-0.05, 0) is 30.3 Å². The highest BCUT2D eigenvalue weighted by atomic mass is 15.1. The first kappa shape index (κ1) is 9.65. The summed E-state index contributed by atoms with van der Waals surface area (Å²) in [5.74, 6) is 0.808. The molecule has 84 valence electrons. The maximum atomic E-state index is 7.39. The average molecular weight is 225 g/mol. The van der Waals surface area contributed by atoms with Crippen molar-refractivity contribution in [2.24, 2.45) is 5.73 Å². The summed E-state index contributed by atoms with van der Waals surface area (Å²) in [6.07, 6.45) is 3.84. The summed E-state index contributed by atoms with van der Waals surface area (Å²) in [6, 6.07) is 9.37. The number of nitrogen functional groups attached to an aromatic ring is 1. The van der Waals surface area contributed by atoms with Crippen molar-refractivity contribution in [3.63, 3.8) is 0 Å². The molecule has 0 bridgehead atoms. The van der Waals surface area contributed by atoms with Gasteiger partial charge in [0.25, 0.3) is 0 Å². The first-order valence-corrected chi connectivity index (χ1v) is 5.21. The summed E-state index contributed by atoms with van der Waals surface area (Å²) in [4.78, 5) is 7.66. The topological polar surface area (TPSA) is 83.5 Å². The molecule has 0 fully saturated rings. The summed E-state index contributed by atoms with van der Waals surface area (Å²) in [5.41, 5.74) is 7.87. The zero-order valence-electron chi connectivity index (χ0n) is 9.01. The fourth-order valence-electron chi connectivity index (χ4n) is 1.76. The van der Waals surface area contributed by atoms with E-state index in [1.54, 1.807) is 6.07 Å². The molecule has 0 radical (unpaired) electrons. The normalized spacial score (nSPS) is 10.8. The largest absolute Gasteiger partial charge is 0.384 e. The van der Waals surface area contributed by atoms with Gasteiger partial charge in [-0.3, -0.25) is 9.98 Å². The lowest BCUT2D eigenvalue weighted by Gasteiger charge is -1.95. The van der Waals surface area contributed by atoms with Gasteiger partial charge in [0.15, 0.2) is 0 Å². The molecule has 1 aromatic carbocycles. The van der Waals surface area contributed by atoms with E-state index in [1.807, 2.05) is 41.2 Å². The van der Waals surface area contributed by atoms with Gasteiger partial charge < -0.3 is 10.7 Å². The Balaban J connectivity index is 2.16. The maximum absolute atomic E-state index is 7.39. The minimum Gasteiger partial charge on any atom is -0.384 e. The molecule has 2 heterocycles. The molecular weight excluding hydrogens is 214 g/mol. The van der Waals surface area contributed by atoms with Crippen molar-refractivity contribution in [3.8, 4) is 5.95 Å². The van der Waals surface area contributed by atoms with Gasteiger partial charge in [0.1, 0.15) is 5.84 Å². The molecule has 4 N–H and O–H groups in total. The van der Waals surface area contributed by atoms with Gasteiger partial charge in [-0.25, -0.2) is 4.98 Å². The van der Waals surface area contributed by atoms with Crippen molar-refractivity contribution in [1.82, 2.24) is 14.5 Å². The molecule has 0 atom stereocenters. The monoisotopic (exact) mass is 225 g/mol. The second-order valence-corrected chi connectivity index (χ2v) is 3.80. The highest BCUT2D eigenvalue weighted by Crippen LogP contribution is 2.15. The van der Waals surface area contributed by atoms with Crippen LogP contribution in [0.5, 0.6) is 0 Å². The lowest BCUT2D eigenvalue weighted by Crippen LogP contribution is -2.10. The molecule has 0 aliphatic heterocycles. The van der Waals surface area contributed by atoms with E-state index in [0.717, 1.165) is 17.0 Å². The summed E-state index contributed by atoms with van der Waals surface area (Å²) >= 11 is 0. The van der Waals surface area contributed by atoms with Crippen LogP contribution in [0.1, 0.15) is 5.56 Å². The number of rotatable bonds is 2. The number of aromatic nitrogens is 3. The predicted molar refractivity (Wildman–Crippen MR) is 66.4 cm³/mol. The third-order valence-corrected chi connectivity index (χ3v) is 2.63. The Labute approximate surface area is 97.4 Å². The molecule has 5 nitrogen and oxygen atoms in total. The van der Waals surface area contributed by atoms with Crippen LogP contribution in [0.2, 0.25) is 0 Å². The summed E-state index contributed by atoms with van der Waals surface area (Å²) in [7, 11) is 0. The number of imidazole rings is 1. The van der Waals surface area contributed by atoms with Gasteiger partial charge in [0.05, 0.1) is 11.0 Å². The van der Waals surface area contributed by atoms with Crippen molar-refractivity contribution >= 4 is 16.9 Å². The lowest BCUT2D eigenvalue weighted by atomic mass is 10.2. The Bertz CT molecular complexity index is 678. The Hall–Kier alpha value is -2.56. The first-order chi connectivity index (χ1) is 8.24. The molecular formula is C12H11N5. The lowest BCUT2D eigenvalue weighted by molar-refractivity contribution is 0.981. The van der Waals surface area contributed by atoms with Gasteiger partial charge in [0, 0.05) is 18.0 Å². The van der Waals surface area contributed by atoms with E-state index in [2.05, 4.69) is 9.97 Å². The zero-order valence-corrected chi connectivity index (χ0v) is 9.01. The Morgan fingerprint density at radius 3 is 2.76 bits per heavy atom. The number of hydrogen-bond donors (Lipinski definition) is 3. The standard InChI is InChI=1S/C12H11N5/c13-11(14)8-3-4-9-10(7-8)16-12(15-9)17-5-1-2-6-17/h1-7H,(H3,13,14)(H,15,16). The van der Waals surface area contributed by atoms with E-state index in [1.165, 1.54) is 0 Å². The summed E-state index contributed by atoms with van der Waals surface area (Å²) in [5, 5.41) is 7.39. The molecule has 0 unspecified atom stereocenters. The number of amidine groups is 1. The van der Waals surface area contributed by atoms with Crippen LogP contribution in [0.4, 0.5) is 0 Å². The van der Waals surface area contributed by atoms with Crippen LogP contribution in [0.25, 0.3) is 17.0 Å². The molecule has 0 saturated carbocycles.